The Morgan fingerprint density at radius 2 is 2.16 bits per heavy atom. The van der Waals surface area contributed by atoms with Gasteiger partial charge in [0, 0.05) is 17.6 Å². The minimum Gasteiger partial charge on any atom is -0.480 e. The van der Waals surface area contributed by atoms with Crippen molar-refractivity contribution >= 4 is 16.9 Å². The molecule has 0 bridgehead atoms. The molecule has 3 aromatic rings. The second-order valence-corrected chi connectivity index (χ2v) is 6.24. The molecule has 8 heteroatoms. The van der Waals surface area contributed by atoms with Gasteiger partial charge in [0.05, 0.1) is 13.1 Å². The number of aromatic nitrogens is 4. The molecule has 0 radical (unpaired) electrons. The first-order valence-electron chi connectivity index (χ1n) is 7.99. The van der Waals surface area contributed by atoms with Crippen molar-refractivity contribution in [3.63, 3.8) is 0 Å². The summed E-state index contributed by atoms with van der Waals surface area (Å²) in [5.41, 5.74) is 1.10. The fraction of sp³-hybridized carbons (Fsp3) is 0.294. The predicted molar refractivity (Wildman–Crippen MR) is 90.0 cm³/mol. The van der Waals surface area contributed by atoms with Crippen LogP contribution in [0.4, 0.5) is 0 Å². The van der Waals surface area contributed by atoms with E-state index in [1.807, 2.05) is 34.9 Å². The third-order valence-electron chi connectivity index (χ3n) is 4.64. The van der Waals surface area contributed by atoms with Crippen LogP contribution in [0, 0.1) is 6.92 Å². The summed E-state index contributed by atoms with van der Waals surface area (Å²) in [5, 5.41) is 18.6. The second-order valence-electron chi connectivity index (χ2n) is 6.24. The number of para-hydroxylation sites is 1. The lowest BCUT2D eigenvalue weighted by Crippen LogP contribution is -2.48. The van der Waals surface area contributed by atoms with Gasteiger partial charge in [-0.3, -0.25) is 14.5 Å². The number of carboxylic acid groups (broad SMARTS) is 1. The molecule has 8 nitrogen and oxygen atoms in total. The van der Waals surface area contributed by atoms with Gasteiger partial charge in [-0.25, -0.2) is 0 Å². The van der Waals surface area contributed by atoms with E-state index in [0.29, 0.717) is 23.8 Å². The summed E-state index contributed by atoms with van der Waals surface area (Å²) in [7, 11) is 0. The molecule has 1 aliphatic heterocycles. The van der Waals surface area contributed by atoms with Crippen LogP contribution in [0.25, 0.3) is 10.9 Å². The Labute approximate surface area is 142 Å². The van der Waals surface area contributed by atoms with Crippen LogP contribution < -0.4 is 5.56 Å². The number of rotatable bonds is 3. The largest absolute Gasteiger partial charge is 0.480 e. The molecule has 25 heavy (non-hydrogen) atoms. The maximum absolute atomic E-state index is 12.4. The Bertz CT molecular complexity index is 1020. The van der Waals surface area contributed by atoms with Gasteiger partial charge in [0.15, 0.2) is 0 Å². The average Bonchev–Trinajstić information content (AvgIpc) is 2.95. The molecular formula is C17H17N5O3. The SMILES string of the molecule is Cc1nnc2n1CC(C(=O)O)N(Cc1cc3ccccc3[nH]c1=O)C2. The van der Waals surface area contributed by atoms with Gasteiger partial charge in [-0.1, -0.05) is 18.2 Å². The molecule has 2 N–H and O–H groups in total. The lowest BCUT2D eigenvalue weighted by Gasteiger charge is -2.33. The van der Waals surface area contributed by atoms with Crippen molar-refractivity contribution in [1.29, 1.82) is 0 Å². The molecule has 0 saturated heterocycles. The first-order valence-corrected chi connectivity index (χ1v) is 7.99. The lowest BCUT2D eigenvalue weighted by atomic mass is 10.1. The molecule has 4 rings (SSSR count). The average molecular weight is 339 g/mol. The number of aliphatic carboxylic acids is 1. The maximum atomic E-state index is 12.4. The number of benzene rings is 1. The van der Waals surface area contributed by atoms with E-state index in [2.05, 4.69) is 15.2 Å². The lowest BCUT2D eigenvalue weighted by molar-refractivity contribution is -0.145. The van der Waals surface area contributed by atoms with Crippen LogP contribution in [-0.4, -0.2) is 41.8 Å². The van der Waals surface area contributed by atoms with Gasteiger partial charge in [-0.2, -0.15) is 0 Å². The molecule has 0 aliphatic carbocycles. The molecule has 0 saturated carbocycles. The van der Waals surface area contributed by atoms with Gasteiger partial charge in [-0.05, 0) is 24.4 Å². The van der Waals surface area contributed by atoms with Gasteiger partial charge >= 0.3 is 5.97 Å². The van der Waals surface area contributed by atoms with E-state index in [-0.39, 0.29) is 18.6 Å². The van der Waals surface area contributed by atoms with E-state index in [9.17, 15) is 14.7 Å². The fourth-order valence-electron chi connectivity index (χ4n) is 3.29. The second kappa shape index (κ2) is 5.82. The maximum Gasteiger partial charge on any atom is 0.322 e. The number of hydrogen-bond donors (Lipinski definition) is 2. The number of H-pyrrole nitrogens is 1. The number of fused-ring (bicyclic) bond motifs is 2. The van der Waals surface area contributed by atoms with Crippen LogP contribution in [0.3, 0.4) is 0 Å². The van der Waals surface area contributed by atoms with E-state index in [4.69, 9.17) is 0 Å². The molecule has 1 aliphatic rings. The van der Waals surface area contributed by atoms with E-state index in [0.717, 1.165) is 10.9 Å². The normalized spacial score (nSPS) is 17.6. The highest BCUT2D eigenvalue weighted by atomic mass is 16.4. The highest BCUT2D eigenvalue weighted by molar-refractivity contribution is 5.78. The third-order valence-corrected chi connectivity index (χ3v) is 4.64. The predicted octanol–water partition coefficient (Wildman–Crippen LogP) is 0.897. The molecule has 1 unspecified atom stereocenters. The summed E-state index contributed by atoms with van der Waals surface area (Å²) in [6.07, 6.45) is 0. The van der Waals surface area contributed by atoms with E-state index < -0.39 is 12.0 Å². The van der Waals surface area contributed by atoms with Crippen molar-refractivity contribution in [1.82, 2.24) is 24.6 Å². The molecule has 2 aromatic heterocycles. The first-order chi connectivity index (χ1) is 12.0. The van der Waals surface area contributed by atoms with Crippen LogP contribution >= 0.6 is 0 Å². The Balaban J connectivity index is 1.70. The monoisotopic (exact) mass is 339 g/mol. The first kappa shape index (κ1) is 15.5. The van der Waals surface area contributed by atoms with Gasteiger partial charge in [0.1, 0.15) is 17.7 Å². The van der Waals surface area contributed by atoms with Crippen molar-refractivity contribution in [2.45, 2.75) is 32.6 Å². The number of carbonyl (C=O) groups is 1. The van der Waals surface area contributed by atoms with Gasteiger partial charge < -0.3 is 14.7 Å². The van der Waals surface area contributed by atoms with E-state index >= 15 is 0 Å². The van der Waals surface area contributed by atoms with Crippen LogP contribution in [-0.2, 0) is 24.4 Å². The standard InChI is InChI=1S/C17H17N5O3/c1-10-19-20-15-9-21(14(17(24)25)8-22(10)15)7-12-6-11-4-2-3-5-13(11)18-16(12)23/h2-6,14H,7-9H2,1H3,(H,18,23)(H,24,25). The smallest absolute Gasteiger partial charge is 0.322 e. The number of aromatic amines is 1. The van der Waals surface area contributed by atoms with Crippen molar-refractivity contribution in [2.24, 2.45) is 0 Å². The Hall–Kier alpha value is -3.00. The van der Waals surface area contributed by atoms with E-state index in [1.54, 1.807) is 11.8 Å². The minimum absolute atomic E-state index is 0.203. The molecule has 1 aromatic carbocycles. The number of nitrogens with zero attached hydrogens (tertiary/aromatic N) is 4. The molecular weight excluding hydrogens is 322 g/mol. The van der Waals surface area contributed by atoms with Crippen molar-refractivity contribution in [2.75, 3.05) is 0 Å². The van der Waals surface area contributed by atoms with Crippen LogP contribution in [0.2, 0.25) is 0 Å². The molecule has 3 heterocycles. The Kier molecular flexibility index (Phi) is 3.61. The molecule has 0 spiro atoms. The fourth-order valence-corrected chi connectivity index (χ4v) is 3.29. The molecule has 0 amide bonds. The van der Waals surface area contributed by atoms with Crippen molar-refractivity contribution in [3.8, 4) is 0 Å². The Morgan fingerprint density at radius 1 is 1.36 bits per heavy atom. The van der Waals surface area contributed by atoms with Gasteiger partial charge in [0.25, 0.3) is 5.56 Å². The topological polar surface area (TPSA) is 104 Å². The van der Waals surface area contributed by atoms with Crippen LogP contribution in [0.15, 0.2) is 35.1 Å². The number of aryl methyl sites for hydroxylation is 1. The number of pyridine rings is 1. The Morgan fingerprint density at radius 3 is 2.96 bits per heavy atom. The molecule has 128 valence electrons. The zero-order chi connectivity index (χ0) is 17.6. The van der Waals surface area contributed by atoms with E-state index in [1.165, 1.54) is 0 Å². The summed E-state index contributed by atoms with van der Waals surface area (Å²) in [6.45, 7) is 2.65. The summed E-state index contributed by atoms with van der Waals surface area (Å²) in [4.78, 5) is 28.7. The number of hydrogen-bond acceptors (Lipinski definition) is 5. The molecule has 1 atom stereocenters. The summed E-state index contributed by atoms with van der Waals surface area (Å²) in [6, 6.07) is 8.60. The zero-order valence-electron chi connectivity index (χ0n) is 13.6. The van der Waals surface area contributed by atoms with Crippen molar-refractivity contribution in [3.05, 3.63) is 57.9 Å². The van der Waals surface area contributed by atoms with Crippen LogP contribution in [0.5, 0.6) is 0 Å². The quantitative estimate of drug-likeness (QED) is 0.735. The summed E-state index contributed by atoms with van der Waals surface area (Å²) >= 11 is 0. The van der Waals surface area contributed by atoms with Gasteiger partial charge in [-0.15, -0.1) is 10.2 Å². The minimum atomic E-state index is -0.920. The highest BCUT2D eigenvalue weighted by Crippen LogP contribution is 2.20. The zero-order valence-corrected chi connectivity index (χ0v) is 13.6. The summed E-state index contributed by atoms with van der Waals surface area (Å²) < 4.78 is 1.82. The van der Waals surface area contributed by atoms with Crippen LogP contribution in [0.1, 0.15) is 17.2 Å². The number of carboxylic acids is 1. The molecule has 0 fully saturated rings. The van der Waals surface area contributed by atoms with Gasteiger partial charge in [0.2, 0.25) is 0 Å². The van der Waals surface area contributed by atoms with Crippen molar-refractivity contribution < 1.29 is 9.90 Å². The third kappa shape index (κ3) is 2.70. The summed E-state index contributed by atoms with van der Waals surface area (Å²) in [5.74, 6) is 0.493. The number of nitrogens with one attached hydrogen (secondary N) is 1. The highest BCUT2D eigenvalue weighted by Gasteiger charge is 2.33.